The molecular weight excluding hydrogens is 272 g/mol. The number of thioether (sulfide) groups is 1. The average molecular weight is 292 g/mol. The Kier molecular flexibility index (Phi) is 5.00. The number of rotatable bonds is 8. The fourth-order valence-corrected chi connectivity index (χ4v) is 2.75. The maximum Gasteiger partial charge on any atom is 0.233 e. The minimum atomic E-state index is -0.213. The number of carbonyl (C=O) groups is 1. The zero-order valence-corrected chi connectivity index (χ0v) is 12.5. The van der Waals surface area contributed by atoms with Crippen LogP contribution in [-0.4, -0.2) is 32.5 Å². The zero-order chi connectivity index (χ0) is 14.5. The topological polar surface area (TPSA) is 59.8 Å². The van der Waals surface area contributed by atoms with E-state index >= 15 is 0 Å². The highest BCUT2D eigenvalue weighted by atomic mass is 32.2. The molecule has 1 unspecified atom stereocenters. The molecule has 1 atom stereocenters. The van der Waals surface area contributed by atoms with Gasteiger partial charge in [0, 0.05) is 19.0 Å². The van der Waals surface area contributed by atoms with E-state index in [0.29, 0.717) is 19.0 Å². The number of amides is 1. The summed E-state index contributed by atoms with van der Waals surface area (Å²) in [6, 6.07) is 0. The Morgan fingerprint density at radius 3 is 2.85 bits per heavy atom. The number of hydrogen-bond acceptors (Lipinski definition) is 4. The summed E-state index contributed by atoms with van der Waals surface area (Å²) < 4.78 is 2.06. The van der Waals surface area contributed by atoms with Gasteiger partial charge in [0.1, 0.15) is 5.82 Å². The number of allylic oxidation sites excluding steroid dienone is 1. The van der Waals surface area contributed by atoms with Crippen molar-refractivity contribution < 1.29 is 4.79 Å². The van der Waals surface area contributed by atoms with Crippen LogP contribution in [0.1, 0.15) is 31.5 Å². The van der Waals surface area contributed by atoms with E-state index in [1.54, 1.807) is 6.08 Å². The molecule has 1 aliphatic rings. The lowest BCUT2D eigenvalue weighted by molar-refractivity contribution is -0.120. The summed E-state index contributed by atoms with van der Waals surface area (Å²) in [7, 11) is 0. The molecule has 1 aromatic rings. The molecule has 0 aromatic carbocycles. The van der Waals surface area contributed by atoms with Crippen LogP contribution in [0.25, 0.3) is 0 Å². The fourth-order valence-electron chi connectivity index (χ4n) is 1.86. The highest BCUT2D eigenvalue weighted by molar-refractivity contribution is 8.00. The molecular formula is C14H20N4OS. The van der Waals surface area contributed by atoms with Gasteiger partial charge in [0.05, 0.1) is 5.25 Å². The lowest BCUT2D eigenvalue weighted by Gasteiger charge is -2.11. The van der Waals surface area contributed by atoms with Gasteiger partial charge in [0.2, 0.25) is 5.91 Å². The van der Waals surface area contributed by atoms with E-state index in [1.807, 2.05) is 13.0 Å². The zero-order valence-electron chi connectivity index (χ0n) is 11.7. The molecule has 0 spiro atoms. The van der Waals surface area contributed by atoms with Gasteiger partial charge in [0.25, 0.3) is 0 Å². The van der Waals surface area contributed by atoms with Crippen molar-refractivity contribution in [2.45, 2.75) is 42.6 Å². The maximum absolute atomic E-state index is 11.9. The molecule has 1 aromatic heterocycles. The van der Waals surface area contributed by atoms with Crippen molar-refractivity contribution in [1.82, 2.24) is 20.1 Å². The first-order chi connectivity index (χ1) is 9.67. The average Bonchev–Trinajstić information content (AvgIpc) is 3.21. The second-order valence-corrected chi connectivity index (χ2v) is 6.12. The van der Waals surface area contributed by atoms with Crippen LogP contribution in [0.5, 0.6) is 0 Å². The van der Waals surface area contributed by atoms with Crippen molar-refractivity contribution >= 4 is 17.7 Å². The molecule has 108 valence electrons. The van der Waals surface area contributed by atoms with Crippen LogP contribution in [0.4, 0.5) is 0 Å². The van der Waals surface area contributed by atoms with Gasteiger partial charge in [0.15, 0.2) is 5.16 Å². The monoisotopic (exact) mass is 292 g/mol. The van der Waals surface area contributed by atoms with Crippen molar-refractivity contribution in [3.05, 3.63) is 31.1 Å². The Hall–Kier alpha value is -1.56. The van der Waals surface area contributed by atoms with Crippen LogP contribution in [0, 0.1) is 0 Å². The first-order valence-corrected chi connectivity index (χ1v) is 7.64. The largest absolute Gasteiger partial charge is 0.352 e. The Morgan fingerprint density at radius 1 is 1.50 bits per heavy atom. The van der Waals surface area contributed by atoms with Crippen LogP contribution >= 0.6 is 11.8 Å². The quantitative estimate of drug-likeness (QED) is 0.589. The molecule has 1 fully saturated rings. The molecule has 0 bridgehead atoms. The number of hydrogen-bond donors (Lipinski definition) is 1. The summed E-state index contributed by atoms with van der Waals surface area (Å²) in [6.07, 6.45) is 5.85. The van der Waals surface area contributed by atoms with Crippen LogP contribution in [0.3, 0.4) is 0 Å². The SMILES string of the molecule is C=CCNC(=O)C(C)Sc1nnc(C2CC2)n1CC=C. The van der Waals surface area contributed by atoms with E-state index < -0.39 is 0 Å². The van der Waals surface area contributed by atoms with Gasteiger partial charge < -0.3 is 9.88 Å². The van der Waals surface area contributed by atoms with E-state index in [-0.39, 0.29) is 11.2 Å². The summed E-state index contributed by atoms with van der Waals surface area (Å²) in [5, 5.41) is 11.9. The standard InChI is InChI=1S/C14H20N4OS/c1-4-8-15-13(19)10(3)20-14-17-16-12(11-6-7-11)18(14)9-5-2/h4-5,10-11H,1-2,6-9H2,3H3,(H,15,19). The highest BCUT2D eigenvalue weighted by Crippen LogP contribution is 2.40. The summed E-state index contributed by atoms with van der Waals surface area (Å²) >= 11 is 1.43. The van der Waals surface area contributed by atoms with Crippen molar-refractivity contribution in [2.24, 2.45) is 0 Å². The van der Waals surface area contributed by atoms with Gasteiger partial charge in [-0.15, -0.1) is 23.4 Å². The Bertz CT molecular complexity index is 507. The summed E-state index contributed by atoms with van der Waals surface area (Å²) in [5.74, 6) is 1.53. The molecule has 1 heterocycles. The van der Waals surface area contributed by atoms with Gasteiger partial charge in [-0.25, -0.2) is 0 Å². The van der Waals surface area contributed by atoms with E-state index in [2.05, 4.69) is 33.2 Å². The lowest BCUT2D eigenvalue weighted by atomic mass is 10.4. The molecule has 1 N–H and O–H groups in total. The van der Waals surface area contributed by atoms with Gasteiger partial charge in [-0.05, 0) is 19.8 Å². The summed E-state index contributed by atoms with van der Waals surface area (Å²) in [5.41, 5.74) is 0. The smallest absolute Gasteiger partial charge is 0.233 e. The predicted octanol–water partition coefficient (Wildman–Crippen LogP) is 2.12. The molecule has 6 heteroatoms. The van der Waals surface area contributed by atoms with Crippen LogP contribution in [0.15, 0.2) is 30.5 Å². The number of carbonyl (C=O) groups excluding carboxylic acids is 1. The van der Waals surface area contributed by atoms with Gasteiger partial charge in [-0.1, -0.05) is 23.9 Å². The molecule has 0 aliphatic heterocycles. The van der Waals surface area contributed by atoms with Crippen molar-refractivity contribution in [1.29, 1.82) is 0 Å². The Balaban J connectivity index is 2.06. The summed E-state index contributed by atoms with van der Waals surface area (Å²) in [6.45, 7) is 10.4. The van der Waals surface area contributed by atoms with Crippen molar-refractivity contribution in [3.63, 3.8) is 0 Å². The van der Waals surface area contributed by atoms with E-state index in [4.69, 9.17) is 0 Å². The first kappa shape index (κ1) is 14.8. The van der Waals surface area contributed by atoms with Gasteiger partial charge >= 0.3 is 0 Å². The molecule has 2 rings (SSSR count). The lowest BCUT2D eigenvalue weighted by Crippen LogP contribution is -2.31. The third-order valence-corrected chi connectivity index (χ3v) is 4.15. The second-order valence-electron chi connectivity index (χ2n) is 4.81. The minimum absolute atomic E-state index is 0.0176. The maximum atomic E-state index is 11.9. The molecule has 0 radical (unpaired) electrons. The van der Waals surface area contributed by atoms with Gasteiger partial charge in [-0.3, -0.25) is 4.79 Å². The number of nitrogens with zero attached hydrogens (tertiary/aromatic N) is 3. The normalized spacial score (nSPS) is 15.7. The molecule has 1 saturated carbocycles. The van der Waals surface area contributed by atoms with E-state index in [1.165, 1.54) is 24.6 Å². The van der Waals surface area contributed by atoms with Gasteiger partial charge in [-0.2, -0.15) is 0 Å². The molecule has 1 amide bonds. The fraction of sp³-hybridized carbons (Fsp3) is 0.500. The van der Waals surface area contributed by atoms with E-state index in [0.717, 1.165) is 11.0 Å². The molecule has 20 heavy (non-hydrogen) atoms. The third kappa shape index (κ3) is 3.50. The molecule has 0 saturated heterocycles. The van der Waals surface area contributed by atoms with Crippen molar-refractivity contribution in [2.75, 3.05) is 6.54 Å². The van der Waals surface area contributed by atoms with Crippen molar-refractivity contribution in [3.8, 4) is 0 Å². The Labute approximate surface area is 123 Å². The minimum Gasteiger partial charge on any atom is -0.352 e. The summed E-state index contributed by atoms with van der Waals surface area (Å²) in [4.78, 5) is 11.9. The van der Waals surface area contributed by atoms with Crippen LogP contribution in [0.2, 0.25) is 0 Å². The number of nitrogens with one attached hydrogen (secondary N) is 1. The number of aromatic nitrogens is 3. The molecule has 5 nitrogen and oxygen atoms in total. The highest BCUT2D eigenvalue weighted by Gasteiger charge is 2.30. The van der Waals surface area contributed by atoms with E-state index in [9.17, 15) is 4.79 Å². The second kappa shape index (κ2) is 6.74. The first-order valence-electron chi connectivity index (χ1n) is 6.76. The molecule has 1 aliphatic carbocycles. The third-order valence-electron chi connectivity index (χ3n) is 3.07. The Morgan fingerprint density at radius 2 is 2.25 bits per heavy atom. The van der Waals surface area contributed by atoms with Crippen LogP contribution < -0.4 is 5.32 Å². The predicted molar refractivity (Wildman–Crippen MR) is 80.7 cm³/mol. The van der Waals surface area contributed by atoms with Crippen LogP contribution in [-0.2, 0) is 11.3 Å².